The van der Waals surface area contributed by atoms with Crippen molar-refractivity contribution in [3.8, 4) is 0 Å². The Balaban J connectivity index is 0. The Morgan fingerprint density at radius 1 is 1.45 bits per heavy atom. The van der Waals surface area contributed by atoms with Crippen molar-refractivity contribution in [2.75, 3.05) is 13.6 Å². The van der Waals surface area contributed by atoms with Crippen LogP contribution in [0.4, 0.5) is 0 Å². The number of nitrogens with zero attached hydrogens (tertiary/aromatic N) is 1. The lowest BCUT2D eigenvalue weighted by Crippen LogP contribution is -2.14. The highest BCUT2D eigenvalue weighted by molar-refractivity contribution is 5.11. The largest absolute Gasteiger partial charge is 0.375 e. The van der Waals surface area contributed by atoms with Crippen molar-refractivity contribution in [3.05, 3.63) is 24.4 Å². The Morgan fingerprint density at radius 2 is 1.91 bits per heavy atom. The summed E-state index contributed by atoms with van der Waals surface area (Å²) in [4.78, 5) is 2.10. The third-order valence-electron chi connectivity index (χ3n) is 1.32. The molecule has 66 valence electrons. The minimum absolute atomic E-state index is 1.02. The van der Waals surface area contributed by atoms with Crippen molar-refractivity contribution >= 4 is 0 Å². The van der Waals surface area contributed by atoms with E-state index in [2.05, 4.69) is 18.4 Å². The van der Waals surface area contributed by atoms with Gasteiger partial charge >= 0.3 is 0 Å². The second-order valence-corrected chi connectivity index (χ2v) is 2.01. The average molecular weight is 155 g/mol. The van der Waals surface area contributed by atoms with Crippen LogP contribution in [0.25, 0.3) is 0 Å². The Morgan fingerprint density at radius 3 is 2.18 bits per heavy atom. The highest BCUT2D eigenvalue weighted by Crippen LogP contribution is 1.97. The van der Waals surface area contributed by atoms with Crippen molar-refractivity contribution in [2.24, 2.45) is 0 Å². The molecule has 1 nitrogen and oxygen atoms in total. The van der Waals surface area contributed by atoms with Crippen LogP contribution in [0.5, 0.6) is 0 Å². The molecule has 0 unspecified atom stereocenters. The molecule has 0 fully saturated rings. The minimum Gasteiger partial charge on any atom is -0.375 e. The van der Waals surface area contributed by atoms with Crippen molar-refractivity contribution in [1.82, 2.24) is 4.90 Å². The van der Waals surface area contributed by atoms with E-state index in [9.17, 15) is 0 Å². The summed E-state index contributed by atoms with van der Waals surface area (Å²) in [6, 6.07) is 0. The molecule has 0 heterocycles. The Labute approximate surface area is 71.4 Å². The van der Waals surface area contributed by atoms with Crippen LogP contribution in [0.1, 0.15) is 27.7 Å². The van der Waals surface area contributed by atoms with Gasteiger partial charge in [-0.25, -0.2) is 0 Å². The first kappa shape index (κ1) is 12.9. The lowest BCUT2D eigenvalue weighted by atomic mass is 10.4. The Bertz CT molecular complexity index is 114. The molecule has 0 aromatic heterocycles. The van der Waals surface area contributed by atoms with Gasteiger partial charge < -0.3 is 4.90 Å². The lowest BCUT2D eigenvalue weighted by molar-refractivity contribution is 0.458. The van der Waals surface area contributed by atoms with Crippen LogP contribution in [0.3, 0.4) is 0 Å². The summed E-state index contributed by atoms with van der Waals surface area (Å²) in [6.07, 6.45) is 4.00. The highest BCUT2D eigenvalue weighted by atomic mass is 15.1. The number of likely N-dealkylation sites (N-methyl/N-ethyl adjacent to an activating group) is 1. The van der Waals surface area contributed by atoms with E-state index in [-0.39, 0.29) is 0 Å². The van der Waals surface area contributed by atoms with Gasteiger partial charge in [-0.15, -0.1) is 0 Å². The number of allylic oxidation sites excluding steroid dienone is 2. The molecular weight excluding hydrogens is 134 g/mol. The molecular formula is C10H21N. The quantitative estimate of drug-likeness (QED) is 0.566. The molecule has 0 aromatic carbocycles. The zero-order valence-electron chi connectivity index (χ0n) is 8.52. The van der Waals surface area contributed by atoms with Crippen LogP contribution < -0.4 is 0 Å². The summed E-state index contributed by atoms with van der Waals surface area (Å²) < 4.78 is 0. The van der Waals surface area contributed by atoms with Crippen molar-refractivity contribution in [1.29, 1.82) is 0 Å². The molecule has 0 N–H and O–H groups in total. The molecule has 0 amide bonds. The van der Waals surface area contributed by atoms with E-state index < -0.39 is 0 Å². The molecule has 0 bridgehead atoms. The Kier molecular flexibility index (Phi) is 10.9. The van der Waals surface area contributed by atoms with E-state index in [1.165, 1.54) is 0 Å². The van der Waals surface area contributed by atoms with Gasteiger partial charge in [-0.05, 0) is 19.9 Å². The molecule has 0 spiro atoms. The molecule has 11 heavy (non-hydrogen) atoms. The van der Waals surface area contributed by atoms with Crippen LogP contribution in [-0.4, -0.2) is 18.5 Å². The van der Waals surface area contributed by atoms with Gasteiger partial charge in [0, 0.05) is 19.3 Å². The number of hydrogen-bond acceptors (Lipinski definition) is 1. The Hall–Kier alpha value is -0.720. The van der Waals surface area contributed by atoms with Crippen molar-refractivity contribution in [3.63, 3.8) is 0 Å². The van der Waals surface area contributed by atoms with E-state index in [1.807, 2.05) is 40.0 Å². The zero-order chi connectivity index (χ0) is 9.28. The van der Waals surface area contributed by atoms with E-state index in [1.54, 1.807) is 0 Å². The van der Waals surface area contributed by atoms with E-state index in [0.29, 0.717) is 0 Å². The fourth-order valence-electron chi connectivity index (χ4n) is 0.523. The third kappa shape index (κ3) is 7.17. The standard InChI is InChI=1S/C8H15N.C2H6/c1-5-7-8(3)9(4)6-2;1-2/h5,7H,3,6H2,1-2,4H3;1-2H3/b7-5-;. The zero-order valence-corrected chi connectivity index (χ0v) is 8.52. The van der Waals surface area contributed by atoms with Gasteiger partial charge in [0.2, 0.25) is 0 Å². The SMILES string of the molecule is C=C(/C=C\C)N(C)CC.CC. The van der Waals surface area contributed by atoms with E-state index >= 15 is 0 Å². The summed E-state index contributed by atoms with van der Waals surface area (Å²) in [6.45, 7) is 13.0. The van der Waals surface area contributed by atoms with Crippen LogP contribution in [0.15, 0.2) is 24.4 Å². The first-order valence-electron chi connectivity index (χ1n) is 4.25. The van der Waals surface area contributed by atoms with Gasteiger partial charge in [0.1, 0.15) is 0 Å². The molecule has 0 radical (unpaired) electrons. The second kappa shape index (κ2) is 9.28. The first-order chi connectivity index (χ1) is 5.22. The molecule has 1 heteroatoms. The third-order valence-corrected chi connectivity index (χ3v) is 1.32. The smallest absolute Gasteiger partial charge is 0.0287 e. The average Bonchev–Trinajstić information content (AvgIpc) is 2.07. The topological polar surface area (TPSA) is 3.24 Å². The van der Waals surface area contributed by atoms with Gasteiger partial charge in [0.15, 0.2) is 0 Å². The summed E-state index contributed by atoms with van der Waals surface area (Å²) in [5.74, 6) is 0. The fourth-order valence-corrected chi connectivity index (χ4v) is 0.523. The molecule has 0 aromatic rings. The van der Waals surface area contributed by atoms with Crippen LogP contribution >= 0.6 is 0 Å². The summed E-state index contributed by atoms with van der Waals surface area (Å²) in [5.41, 5.74) is 1.07. The predicted molar refractivity (Wildman–Crippen MR) is 53.6 cm³/mol. The summed E-state index contributed by atoms with van der Waals surface area (Å²) in [7, 11) is 2.03. The minimum atomic E-state index is 1.02. The van der Waals surface area contributed by atoms with Crippen LogP contribution in [0.2, 0.25) is 0 Å². The normalized spacial score (nSPS) is 8.82. The summed E-state index contributed by atoms with van der Waals surface area (Å²) in [5, 5.41) is 0. The predicted octanol–water partition coefficient (Wildman–Crippen LogP) is 3.05. The maximum absolute atomic E-state index is 3.85. The van der Waals surface area contributed by atoms with Crippen LogP contribution in [-0.2, 0) is 0 Å². The highest BCUT2D eigenvalue weighted by Gasteiger charge is 1.90. The van der Waals surface area contributed by atoms with Crippen LogP contribution in [0, 0.1) is 0 Å². The van der Waals surface area contributed by atoms with Gasteiger partial charge in [-0.2, -0.15) is 0 Å². The van der Waals surface area contributed by atoms with Crippen molar-refractivity contribution in [2.45, 2.75) is 27.7 Å². The molecule has 0 aliphatic carbocycles. The molecule has 0 saturated carbocycles. The van der Waals surface area contributed by atoms with E-state index in [4.69, 9.17) is 0 Å². The maximum Gasteiger partial charge on any atom is 0.0287 e. The fraction of sp³-hybridized carbons (Fsp3) is 0.600. The van der Waals surface area contributed by atoms with Gasteiger partial charge in [-0.3, -0.25) is 0 Å². The lowest BCUT2D eigenvalue weighted by Gasteiger charge is -2.15. The van der Waals surface area contributed by atoms with E-state index in [0.717, 1.165) is 12.2 Å². The monoisotopic (exact) mass is 155 g/mol. The van der Waals surface area contributed by atoms with Gasteiger partial charge in [-0.1, -0.05) is 26.5 Å². The van der Waals surface area contributed by atoms with Gasteiger partial charge in [0.05, 0.1) is 0 Å². The number of rotatable bonds is 3. The van der Waals surface area contributed by atoms with Gasteiger partial charge in [0.25, 0.3) is 0 Å². The molecule has 0 saturated heterocycles. The molecule has 0 aliphatic heterocycles. The maximum atomic E-state index is 3.85. The summed E-state index contributed by atoms with van der Waals surface area (Å²) >= 11 is 0. The second-order valence-electron chi connectivity index (χ2n) is 2.01. The number of hydrogen-bond donors (Lipinski definition) is 0. The molecule has 0 atom stereocenters. The first-order valence-corrected chi connectivity index (χ1v) is 4.25. The van der Waals surface area contributed by atoms with Crippen molar-refractivity contribution < 1.29 is 0 Å². The molecule has 0 aliphatic rings. The molecule has 0 rings (SSSR count).